The van der Waals surface area contributed by atoms with E-state index < -0.39 is 0 Å². The summed E-state index contributed by atoms with van der Waals surface area (Å²) in [5, 5.41) is 0. The number of hydrogen-bond acceptors (Lipinski definition) is 3. The average molecular weight is 316 g/mol. The van der Waals surface area contributed by atoms with Crippen molar-refractivity contribution >= 4 is 17.7 Å². The average Bonchev–Trinajstić information content (AvgIpc) is 2.81. The molecule has 2 heterocycles. The van der Waals surface area contributed by atoms with E-state index in [9.17, 15) is 14.4 Å². The second-order valence-electron chi connectivity index (χ2n) is 6.25. The highest BCUT2D eigenvalue weighted by Gasteiger charge is 2.34. The summed E-state index contributed by atoms with van der Waals surface area (Å²) in [6.07, 6.45) is 0.899. The zero-order valence-electron chi connectivity index (χ0n) is 13.4. The first kappa shape index (κ1) is 15.7. The van der Waals surface area contributed by atoms with Crippen LogP contribution in [0.1, 0.15) is 33.6 Å². The smallest absolute Gasteiger partial charge is 0.261 e. The number of piperazine rings is 1. The Kier molecular flexibility index (Phi) is 4.43. The molecule has 1 aromatic rings. The van der Waals surface area contributed by atoms with Crippen molar-refractivity contribution in [2.24, 2.45) is 0 Å². The van der Waals surface area contributed by atoms with E-state index in [0.717, 1.165) is 26.2 Å². The quantitative estimate of drug-likeness (QED) is 0.756. The third-order valence-corrected chi connectivity index (χ3v) is 4.62. The van der Waals surface area contributed by atoms with Gasteiger partial charge in [0.25, 0.3) is 11.8 Å². The number of imide groups is 1. The van der Waals surface area contributed by atoms with Gasteiger partial charge in [-0.2, -0.15) is 0 Å². The maximum absolute atomic E-state index is 12.2. The van der Waals surface area contributed by atoms with Crippen LogP contribution in [0.25, 0.3) is 0 Å². The Labute approximate surface area is 135 Å². The molecular weight excluding hydrogens is 294 g/mol. The monoisotopic (exact) mass is 316 g/mol. The van der Waals surface area contributed by atoms with E-state index in [1.54, 1.807) is 24.3 Å². The third kappa shape index (κ3) is 3.12. The number of benzene rings is 1. The molecule has 23 heavy (non-hydrogen) atoms. The number of quaternary nitrogens is 1. The molecule has 0 spiro atoms. The summed E-state index contributed by atoms with van der Waals surface area (Å²) in [5.41, 5.74) is 0.928. The Balaban J connectivity index is 1.51. The topological polar surface area (TPSA) is 62.1 Å². The summed E-state index contributed by atoms with van der Waals surface area (Å²) < 4.78 is 0. The van der Waals surface area contributed by atoms with Gasteiger partial charge in [0.2, 0.25) is 5.91 Å². The molecular formula is C17H22N3O3+. The normalized spacial score (nSPS) is 18.5. The van der Waals surface area contributed by atoms with Crippen molar-refractivity contribution in [2.75, 3.05) is 39.8 Å². The summed E-state index contributed by atoms with van der Waals surface area (Å²) in [7, 11) is 2.13. The predicted molar refractivity (Wildman–Crippen MR) is 84.2 cm³/mol. The molecule has 1 aromatic carbocycles. The van der Waals surface area contributed by atoms with Gasteiger partial charge in [0.1, 0.15) is 0 Å². The van der Waals surface area contributed by atoms with E-state index in [4.69, 9.17) is 0 Å². The van der Waals surface area contributed by atoms with Gasteiger partial charge in [0, 0.05) is 13.0 Å². The number of nitrogens with zero attached hydrogens (tertiary/aromatic N) is 2. The lowest BCUT2D eigenvalue weighted by atomic mass is 10.1. The lowest BCUT2D eigenvalue weighted by Gasteiger charge is -2.30. The van der Waals surface area contributed by atoms with Crippen molar-refractivity contribution in [3.05, 3.63) is 35.4 Å². The van der Waals surface area contributed by atoms with Gasteiger partial charge in [-0.25, -0.2) is 0 Å². The van der Waals surface area contributed by atoms with Crippen molar-refractivity contribution in [1.82, 2.24) is 9.80 Å². The van der Waals surface area contributed by atoms with Crippen LogP contribution in [0.2, 0.25) is 0 Å². The van der Waals surface area contributed by atoms with Crippen LogP contribution < -0.4 is 4.90 Å². The Morgan fingerprint density at radius 3 is 2.22 bits per heavy atom. The van der Waals surface area contributed by atoms with Gasteiger partial charge in [-0.15, -0.1) is 0 Å². The minimum atomic E-state index is -0.249. The van der Waals surface area contributed by atoms with E-state index in [0.29, 0.717) is 30.5 Å². The lowest BCUT2D eigenvalue weighted by Crippen LogP contribution is -3.12. The van der Waals surface area contributed by atoms with E-state index >= 15 is 0 Å². The molecule has 0 atom stereocenters. The van der Waals surface area contributed by atoms with Crippen LogP contribution in [0.5, 0.6) is 0 Å². The Morgan fingerprint density at radius 1 is 1.09 bits per heavy atom. The minimum Gasteiger partial charge on any atom is -0.334 e. The zero-order valence-corrected chi connectivity index (χ0v) is 13.4. The molecule has 0 radical (unpaired) electrons. The van der Waals surface area contributed by atoms with Crippen LogP contribution in [-0.4, -0.2) is 67.3 Å². The molecule has 2 aliphatic rings. The summed E-state index contributed by atoms with van der Waals surface area (Å²) in [6.45, 7) is 3.83. The van der Waals surface area contributed by atoms with Crippen molar-refractivity contribution < 1.29 is 19.3 Å². The second kappa shape index (κ2) is 6.50. The number of likely N-dealkylation sites (N-methyl/N-ethyl adjacent to an activating group) is 1. The molecule has 122 valence electrons. The Morgan fingerprint density at radius 2 is 1.65 bits per heavy atom. The fourth-order valence-electron chi connectivity index (χ4n) is 3.13. The van der Waals surface area contributed by atoms with Gasteiger partial charge in [0.05, 0.1) is 44.4 Å². The molecule has 0 saturated carbocycles. The fraction of sp³-hybridized carbons (Fsp3) is 0.471. The minimum absolute atomic E-state index is 0.120. The summed E-state index contributed by atoms with van der Waals surface area (Å²) in [6, 6.07) is 6.86. The van der Waals surface area contributed by atoms with E-state index in [1.807, 2.05) is 4.90 Å². The number of amides is 3. The molecule has 0 aliphatic carbocycles. The molecule has 1 saturated heterocycles. The number of hydrogen-bond donors (Lipinski definition) is 1. The molecule has 0 aromatic heterocycles. The summed E-state index contributed by atoms with van der Waals surface area (Å²) in [5.74, 6) is -0.378. The maximum Gasteiger partial charge on any atom is 0.261 e. The van der Waals surface area contributed by atoms with Crippen LogP contribution in [0.15, 0.2) is 24.3 Å². The maximum atomic E-state index is 12.2. The molecule has 6 heteroatoms. The Bertz CT molecular complexity index is 601. The highest BCUT2D eigenvalue weighted by Crippen LogP contribution is 2.22. The van der Waals surface area contributed by atoms with E-state index in [1.165, 1.54) is 9.80 Å². The fourth-order valence-corrected chi connectivity index (χ4v) is 3.13. The molecule has 1 N–H and O–H groups in total. The van der Waals surface area contributed by atoms with Crippen LogP contribution in [0, 0.1) is 0 Å². The van der Waals surface area contributed by atoms with Crippen LogP contribution >= 0.6 is 0 Å². The van der Waals surface area contributed by atoms with E-state index in [2.05, 4.69) is 7.05 Å². The van der Waals surface area contributed by atoms with Gasteiger partial charge in [0.15, 0.2) is 0 Å². The highest BCUT2D eigenvalue weighted by molar-refractivity contribution is 6.21. The van der Waals surface area contributed by atoms with Gasteiger partial charge >= 0.3 is 0 Å². The first-order valence-electron chi connectivity index (χ1n) is 8.12. The largest absolute Gasteiger partial charge is 0.334 e. The molecule has 6 nitrogen and oxygen atoms in total. The standard InChI is InChI=1S/C17H21N3O3/c1-18-9-11-19(12-10-18)15(21)7-4-8-20-16(22)13-5-2-3-6-14(13)17(20)23/h2-3,5-6H,4,7-12H2,1H3/p+1. The van der Waals surface area contributed by atoms with Gasteiger partial charge in [-0.3, -0.25) is 19.3 Å². The first-order valence-corrected chi connectivity index (χ1v) is 8.12. The summed E-state index contributed by atoms with van der Waals surface area (Å²) in [4.78, 5) is 41.2. The molecule has 3 rings (SSSR count). The van der Waals surface area contributed by atoms with Gasteiger partial charge < -0.3 is 9.80 Å². The molecule has 2 aliphatic heterocycles. The number of fused-ring (bicyclic) bond motifs is 1. The van der Waals surface area contributed by atoms with Gasteiger partial charge in [-0.05, 0) is 18.6 Å². The third-order valence-electron chi connectivity index (χ3n) is 4.62. The van der Waals surface area contributed by atoms with Crippen LogP contribution in [0.3, 0.4) is 0 Å². The van der Waals surface area contributed by atoms with Crippen molar-refractivity contribution in [2.45, 2.75) is 12.8 Å². The first-order chi connectivity index (χ1) is 11.1. The highest BCUT2D eigenvalue weighted by atomic mass is 16.2. The van der Waals surface area contributed by atoms with Crippen molar-refractivity contribution in [1.29, 1.82) is 0 Å². The number of nitrogens with one attached hydrogen (secondary N) is 1. The predicted octanol–water partition coefficient (Wildman–Crippen LogP) is -0.580. The number of rotatable bonds is 4. The Hall–Kier alpha value is -2.21. The van der Waals surface area contributed by atoms with Crippen LogP contribution in [-0.2, 0) is 4.79 Å². The molecule has 1 fully saturated rings. The number of carbonyl (C=O) groups is 3. The molecule has 3 amide bonds. The van der Waals surface area contributed by atoms with Crippen molar-refractivity contribution in [3.8, 4) is 0 Å². The lowest BCUT2D eigenvalue weighted by molar-refractivity contribution is -0.883. The molecule has 0 unspecified atom stereocenters. The van der Waals surface area contributed by atoms with Gasteiger partial charge in [-0.1, -0.05) is 12.1 Å². The number of carbonyl (C=O) groups excluding carboxylic acids is 3. The second-order valence-corrected chi connectivity index (χ2v) is 6.25. The SMILES string of the molecule is C[NH+]1CCN(C(=O)CCCN2C(=O)c3ccccc3C2=O)CC1. The van der Waals surface area contributed by atoms with Crippen molar-refractivity contribution in [3.63, 3.8) is 0 Å². The summed E-state index contributed by atoms with van der Waals surface area (Å²) >= 11 is 0. The zero-order chi connectivity index (χ0) is 16.4. The van der Waals surface area contributed by atoms with Crippen LogP contribution in [0.4, 0.5) is 0 Å². The van der Waals surface area contributed by atoms with E-state index in [-0.39, 0.29) is 17.7 Å². The molecule has 0 bridgehead atoms.